The van der Waals surface area contributed by atoms with E-state index in [1.165, 1.54) is 0 Å². The highest BCUT2D eigenvalue weighted by Crippen LogP contribution is 2.30. The smallest absolute Gasteiger partial charge is 0.106 e. The summed E-state index contributed by atoms with van der Waals surface area (Å²) in [7, 11) is 0. The van der Waals surface area contributed by atoms with Crippen molar-refractivity contribution < 1.29 is 5.11 Å². The molecule has 0 aliphatic heterocycles. The molecular weight excluding hydrogens is 333 g/mol. The first kappa shape index (κ1) is 17.7. The van der Waals surface area contributed by atoms with E-state index in [0.29, 0.717) is 15.7 Å². The summed E-state index contributed by atoms with van der Waals surface area (Å²) in [5.74, 6) is 0. The van der Waals surface area contributed by atoms with Gasteiger partial charge in [0.05, 0.1) is 10.7 Å². The third-order valence-electron chi connectivity index (χ3n) is 3.36. The quantitative estimate of drug-likeness (QED) is 0.658. The summed E-state index contributed by atoms with van der Waals surface area (Å²) in [6.07, 6.45) is 0.753. The fraction of sp³-hybridized carbons (Fsp3) is 0.294. The Morgan fingerprint density at radius 3 is 2.43 bits per heavy atom. The highest BCUT2D eigenvalue weighted by atomic mass is 35.5. The van der Waals surface area contributed by atoms with E-state index in [9.17, 15) is 0 Å². The topological polar surface area (TPSA) is 48.2 Å². The van der Waals surface area contributed by atoms with Crippen LogP contribution in [-0.4, -0.2) is 24.8 Å². The molecule has 2 rings (SSSR count). The zero-order valence-electron chi connectivity index (χ0n) is 12.9. The molecule has 0 aromatic heterocycles. The molecular formula is C17H19Cl2N3O. The van der Waals surface area contributed by atoms with Crippen molar-refractivity contribution in [3.8, 4) is 0 Å². The highest BCUT2D eigenvalue weighted by Gasteiger charge is 2.04. The Morgan fingerprint density at radius 1 is 1.04 bits per heavy atom. The van der Waals surface area contributed by atoms with Gasteiger partial charge in [-0.05, 0) is 55.8 Å². The molecule has 0 spiro atoms. The summed E-state index contributed by atoms with van der Waals surface area (Å²) in [4.78, 5) is 2.20. The standard InChI is InChI=1S/C17H19Cl2N3O/c1-2-22(10-3-11-23)15-7-5-14(6-8-15)20-21-17-12-13(18)4-9-16(17)19/h4-9,12,23H,2-3,10-11H2,1H3. The Morgan fingerprint density at radius 2 is 1.78 bits per heavy atom. The molecule has 122 valence electrons. The lowest BCUT2D eigenvalue weighted by molar-refractivity contribution is 0.289. The molecule has 0 aliphatic rings. The summed E-state index contributed by atoms with van der Waals surface area (Å²) in [6.45, 7) is 4.00. The third-order valence-corrected chi connectivity index (χ3v) is 3.92. The Hall–Kier alpha value is -1.62. The molecule has 0 saturated heterocycles. The SMILES string of the molecule is CCN(CCCO)c1ccc(N=Nc2cc(Cl)ccc2Cl)cc1. The zero-order valence-corrected chi connectivity index (χ0v) is 14.4. The summed E-state index contributed by atoms with van der Waals surface area (Å²) in [6, 6.07) is 12.9. The van der Waals surface area contributed by atoms with Crippen molar-refractivity contribution in [2.45, 2.75) is 13.3 Å². The summed E-state index contributed by atoms with van der Waals surface area (Å²) in [5, 5.41) is 18.4. The zero-order chi connectivity index (χ0) is 16.7. The lowest BCUT2D eigenvalue weighted by atomic mass is 10.2. The normalized spacial score (nSPS) is 11.1. The van der Waals surface area contributed by atoms with Gasteiger partial charge in [-0.2, -0.15) is 5.11 Å². The Kier molecular flexibility index (Phi) is 6.84. The largest absolute Gasteiger partial charge is 0.396 e. The number of hydrogen-bond donors (Lipinski definition) is 1. The fourth-order valence-electron chi connectivity index (χ4n) is 2.14. The first-order chi connectivity index (χ1) is 11.1. The van der Waals surface area contributed by atoms with Gasteiger partial charge in [0.2, 0.25) is 0 Å². The average Bonchev–Trinajstić information content (AvgIpc) is 2.57. The van der Waals surface area contributed by atoms with Gasteiger partial charge < -0.3 is 10.0 Å². The van der Waals surface area contributed by atoms with Gasteiger partial charge >= 0.3 is 0 Å². The van der Waals surface area contributed by atoms with Crippen molar-refractivity contribution in [1.82, 2.24) is 0 Å². The van der Waals surface area contributed by atoms with Crippen LogP contribution in [0, 0.1) is 0 Å². The molecule has 0 aliphatic carbocycles. The van der Waals surface area contributed by atoms with Crippen molar-refractivity contribution in [2.24, 2.45) is 10.2 Å². The Labute approximate surface area is 146 Å². The minimum Gasteiger partial charge on any atom is -0.396 e. The van der Waals surface area contributed by atoms with E-state index in [1.54, 1.807) is 18.2 Å². The van der Waals surface area contributed by atoms with Crippen molar-refractivity contribution in [3.05, 3.63) is 52.5 Å². The Bertz CT molecular complexity index is 659. The second kappa shape index (κ2) is 8.87. The number of anilines is 1. The van der Waals surface area contributed by atoms with E-state index in [1.807, 2.05) is 24.3 Å². The number of rotatable bonds is 7. The van der Waals surface area contributed by atoms with Crippen LogP contribution >= 0.6 is 23.2 Å². The molecule has 0 saturated carbocycles. The van der Waals surface area contributed by atoms with Crippen LogP contribution in [0.2, 0.25) is 10.0 Å². The van der Waals surface area contributed by atoms with Crippen LogP contribution in [0.15, 0.2) is 52.7 Å². The number of aliphatic hydroxyl groups excluding tert-OH is 1. The van der Waals surface area contributed by atoms with Crippen LogP contribution in [0.3, 0.4) is 0 Å². The number of aliphatic hydroxyl groups is 1. The first-order valence-corrected chi connectivity index (χ1v) is 8.22. The summed E-state index contributed by atoms with van der Waals surface area (Å²) >= 11 is 12.0. The Balaban J connectivity index is 2.10. The lowest BCUT2D eigenvalue weighted by Crippen LogP contribution is -2.24. The maximum absolute atomic E-state index is 8.95. The fourth-order valence-corrected chi connectivity index (χ4v) is 2.46. The second-order valence-electron chi connectivity index (χ2n) is 4.97. The summed E-state index contributed by atoms with van der Waals surface area (Å²) < 4.78 is 0. The number of azo groups is 1. The minimum atomic E-state index is 0.198. The predicted molar refractivity (Wildman–Crippen MR) is 96.7 cm³/mol. The van der Waals surface area contributed by atoms with Gasteiger partial charge in [0.25, 0.3) is 0 Å². The van der Waals surface area contributed by atoms with Gasteiger partial charge in [0.15, 0.2) is 0 Å². The molecule has 0 heterocycles. The molecule has 23 heavy (non-hydrogen) atoms. The maximum Gasteiger partial charge on any atom is 0.106 e. The van der Waals surface area contributed by atoms with Crippen molar-refractivity contribution in [3.63, 3.8) is 0 Å². The molecule has 0 bridgehead atoms. The monoisotopic (exact) mass is 351 g/mol. The molecule has 1 N–H and O–H groups in total. The van der Waals surface area contributed by atoms with Gasteiger partial charge in [-0.25, -0.2) is 0 Å². The van der Waals surface area contributed by atoms with E-state index in [2.05, 4.69) is 22.1 Å². The van der Waals surface area contributed by atoms with E-state index < -0.39 is 0 Å². The number of halogens is 2. The second-order valence-corrected chi connectivity index (χ2v) is 5.81. The van der Waals surface area contributed by atoms with Crippen LogP contribution < -0.4 is 4.90 Å². The van der Waals surface area contributed by atoms with Crippen molar-refractivity contribution >= 4 is 40.3 Å². The number of benzene rings is 2. The van der Waals surface area contributed by atoms with Gasteiger partial charge in [-0.1, -0.05) is 23.2 Å². The first-order valence-electron chi connectivity index (χ1n) is 7.46. The van der Waals surface area contributed by atoms with Crippen LogP contribution in [0.4, 0.5) is 17.1 Å². The van der Waals surface area contributed by atoms with Crippen LogP contribution in [0.25, 0.3) is 0 Å². The molecule has 4 nitrogen and oxygen atoms in total. The molecule has 6 heteroatoms. The molecule has 0 atom stereocenters. The van der Waals surface area contributed by atoms with Crippen LogP contribution in [-0.2, 0) is 0 Å². The number of hydrogen-bond acceptors (Lipinski definition) is 4. The van der Waals surface area contributed by atoms with E-state index in [-0.39, 0.29) is 6.61 Å². The minimum absolute atomic E-state index is 0.198. The molecule has 0 radical (unpaired) electrons. The predicted octanol–water partition coefficient (Wildman–Crippen LogP) is 5.62. The van der Waals surface area contributed by atoms with Crippen molar-refractivity contribution in [1.29, 1.82) is 0 Å². The van der Waals surface area contributed by atoms with E-state index in [4.69, 9.17) is 28.3 Å². The van der Waals surface area contributed by atoms with Crippen LogP contribution in [0.5, 0.6) is 0 Å². The summed E-state index contributed by atoms with van der Waals surface area (Å²) in [5.41, 5.74) is 2.38. The average molecular weight is 352 g/mol. The van der Waals surface area contributed by atoms with Crippen LogP contribution in [0.1, 0.15) is 13.3 Å². The molecule has 2 aromatic rings. The van der Waals surface area contributed by atoms with Gasteiger partial charge in [0.1, 0.15) is 5.69 Å². The number of nitrogens with zero attached hydrogens (tertiary/aromatic N) is 3. The lowest BCUT2D eigenvalue weighted by Gasteiger charge is -2.22. The molecule has 0 fully saturated rings. The van der Waals surface area contributed by atoms with Gasteiger partial charge in [-0.3, -0.25) is 0 Å². The third kappa shape index (κ3) is 5.20. The maximum atomic E-state index is 8.95. The van der Waals surface area contributed by atoms with Gasteiger partial charge in [0, 0.05) is 30.4 Å². The van der Waals surface area contributed by atoms with Gasteiger partial charge in [-0.15, -0.1) is 5.11 Å². The molecule has 0 unspecified atom stereocenters. The van der Waals surface area contributed by atoms with Crippen molar-refractivity contribution in [2.75, 3.05) is 24.6 Å². The van der Waals surface area contributed by atoms with E-state index in [0.717, 1.165) is 30.9 Å². The molecule has 2 aromatic carbocycles. The van der Waals surface area contributed by atoms with E-state index >= 15 is 0 Å². The molecule has 0 amide bonds. The highest BCUT2D eigenvalue weighted by molar-refractivity contribution is 6.35.